The molecular formula is C8H8N2O2. The van der Waals surface area contributed by atoms with E-state index in [0.29, 0.717) is 11.4 Å². The van der Waals surface area contributed by atoms with E-state index in [0.717, 1.165) is 5.56 Å². The molecule has 1 aromatic carbocycles. The van der Waals surface area contributed by atoms with Crippen LogP contribution in [0.25, 0.3) is 0 Å². The monoisotopic (exact) mass is 164 g/mol. The van der Waals surface area contributed by atoms with Crippen molar-refractivity contribution in [3.63, 3.8) is 0 Å². The molecular weight excluding hydrogens is 156 g/mol. The van der Waals surface area contributed by atoms with Crippen LogP contribution in [0, 0.1) is 6.92 Å². The largest absolute Gasteiger partial charge is 0.291 e. The quantitative estimate of drug-likeness (QED) is 0.397. The number of rotatable bonds is 2. The highest BCUT2D eigenvalue weighted by atomic mass is 16.5. The Kier molecular flexibility index (Phi) is 2.58. The van der Waals surface area contributed by atoms with E-state index in [1.807, 2.05) is 12.4 Å². The van der Waals surface area contributed by atoms with Gasteiger partial charge in [-0.05, 0) is 24.6 Å². The number of benzene rings is 1. The first-order chi connectivity index (χ1) is 5.77. The lowest BCUT2D eigenvalue weighted by molar-refractivity contribution is 0.389. The third-order valence-electron chi connectivity index (χ3n) is 1.50. The first-order valence-corrected chi connectivity index (χ1v) is 3.36. The van der Waals surface area contributed by atoms with E-state index in [9.17, 15) is 4.79 Å². The number of hydrogen-bond donors (Lipinski definition) is 2. The maximum atomic E-state index is 9.95. The first kappa shape index (κ1) is 8.46. The Balaban J connectivity index is 3.16. The van der Waals surface area contributed by atoms with Gasteiger partial charge in [0.1, 0.15) is 0 Å². The lowest BCUT2D eigenvalue weighted by Gasteiger charge is -2.01. The fourth-order valence-corrected chi connectivity index (χ4v) is 0.849. The normalized spacial score (nSPS) is 8.83. The highest BCUT2D eigenvalue weighted by Gasteiger charge is 1.97. The molecule has 0 aliphatic rings. The molecule has 2 N–H and O–H groups in total. The second kappa shape index (κ2) is 3.67. The van der Waals surface area contributed by atoms with Crippen LogP contribution in [0.15, 0.2) is 23.2 Å². The molecule has 0 atom stereocenters. The molecule has 1 rings (SSSR count). The van der Waals surface area contributed by atoms with E-state index in [2.05, 4.69) is 4.99 Å². The van der Waals surface area contributed by atoms with Gasteiger partial charge in [-0.3, -0.25) is 10.7 Å². The van der Waals surface area contributed by atoms with Crippen LogP contribution < -0.4 is 5.48 Å². The summed E-state index contributed by atoms with van der Waals surface area (Å²) < 4.78 is 0. The summed E-state index contributed by atoms with van der Waals surface area (Å²) in [4.78, 5) is 13.4. The fourth-order valence-electron chi connectivity index (χ4n) is 0.849. The van der Waals surface area contributed by atoms with E-state index in [1.165, 1.54) is 6.08 Å². The number of nitrogens with one attached hydrogen (secondary N) is 1. The van der Waals surface area contributed by atoms with Crippen molar-refractivity contribution in [1.29, 1.82) is 0 Å². The molecule has 0 bridgehead atoms. The second-order valence-electron chi connectivity index (χ2n) is 2.32. The van der Waals surface area contributed by atoms with Gasteiger partial charge in [-0.15, -0.1) is 0 Å². The van der Waals surface area contributed by atoms with E-state index < -0.39 is 0 Å². The van der Waals surface area contributed by atoms with E-state index in [-0.39, 0.29) is 0 Å². The number of nitrogens with zero attached hydrogens (tertiary/aromatic N) is 1. The molecule has 12 heavy (non-hydrogen) atoms. The number of aliphatic imine (C=N–C) groups is 1. The zero-order valence-electron chi connectivity index (χ0n) is 6.53. The second-order valence-corrected chi connectivity index (χ2v) is 2.32. The molecule has 0 spiro atoms. The van der Waals surface area contributed by atoms with Crippen molar-refractivity contribution < 1.29 is 10.0 Å². The standard InChI is InChI=1S/C8H8N2O2/c1-6-2-3-7(10-12)4-8(6)9-5-11/h2-4,10,12H,1H3. The first-order valence-electron chi connectivity index (χ1n) is 3.36. The Morgan fingerprint density at radius 2 is 2.33 bits per heavy atom. The Labute approximate surface area is 69.5 Å². The third kappa shape index (κ3) is 1.69. The van der Waals surface area contributed by atoms with Gasteiger partial charge in [-0.1, -0.05) is 6.07 Å². The Hall–Kier alpha value is -1.64. The minimum absolute atomic E-state index is 0.495. The molecule has 0 aromatic heterocycles. The van der Waals surface area contributed by atoms with E-state index >= 15 is 0 Å². The van der Waals surface area contributed by atoms with Gasteiger partial charge in [0.2, 0.25) is 6.08 Å². The Morgan fingerprint density at radius 1 is 1.58 bits per heavy atom. The van der Waals surface area contributed by atoms with Gasteiger partial charge >= 0.3 is 0 Å². The van der Waals surface area contributed by atoms with Crippen LogP contribution in [-0.2, 0) is 4.79 Å². The molecule has 4 heteroatoms. The molecule has 0 heterocycles. The van der Waals surface area contributed by atoms with Crippen LogP contribution in [-0.4, -0.2) is 11.3 Å². The van der Waals surface area contributed by atoms with Crippen molar-refractivity contribution in [1.82, 2.24) is 0 Å². The number of anilines is 1. The van der Waals surface area contributed by atoms with Crippen LogP contribution in [0.4, 0.5) is 11.4 Å². The summed E-state index contributed by atoms with van der Waals surface area (Å²) in [7, 11) is 0. The minimum atomic E-state index is 0.495. The van der Waals surface area contributed by atoms with Crippen LogP contribution >= 0.6 is 0 Å². The molecule has 0 aliphatic heterocycles. The zero-order valence-corrected chi connectivity index (χ0v) is 6.53. The van der Waals surface area contributed by atoms with Gasteiger partial charge in [0.15, 0.2) is 0 Å². The van der Waals surface area contributed by atoms with Crippen molar-refractivity contribution in [3.8, 4) is 0 Å². The summed E-state index contributed by atoms with van der Waals surface area (Å²) in [5, 5.41) is 8.53. The van der Waals surface area contributed by atoms with Gasteiger partial charge in [0, 0.05) is 0 Å². The van der Waals surface area contributed by atoms with Crippen molar-refractivity contribution in [2.24, 2.45) is 4.99 Å². The molecule has 0 saturated heterocycles. The van der Waals surface area contributed by atoms with Crippen LogP contribution in [0.2, 0.25) is 0 Å². The summed E-state index contributed by atoms with van der Waals surface area (Å²) in [6.45, 7) is 1.82. The molecule has 62 valence electrons. The van der Waals surface area contributed by atoms with E-state index in [4.69, 9.17) is 5.21 Å². The predicted molar refractivity (Wildman–Crippen MR) is 44.4 cm³/mol. The summed E-state index contributed by atoms with van der Waals surface area (Å²) in [5.74, 6) is 0. The average molecular weight is 164 g/mol. The molecule has 0 unspecified atom stereocenters. The van der Waals surface area contributed by atoms with Gasteiger partial charge < -0.3 is 0 Å². The average Bonchev–Trinajstić information content (AvgIpc) is 2.09. The van der Waals surface area contributed by atoms with Crippen molar-refractivity contribution in [2.75, 3.05) is 5.48 Å². The molecule has 4 nitrogen and oxygen atoms in total. The molecule has 0 radical (unpaired) electrons. The minimum Gasteiger partial charge on any atom is -0.291 e. The van der Waals surface area contributed by atoms with Gasteiger partial charge in [0.25, 0.3) is 0 Å². The van der Waals surface area contributed by atoms with Gasteiger partial charge in [-0.2, -0.15) is 4.99 Å². The van der Waals surface area contributed by atoms with Crippen LogP contribution in [0.1, 0.15) is 5.56 Å². The summed E-state index contributed by atoms with van der Waals surface area (Å²) in [6, 6.07) is 4.98. The van der Waals surface area contributed by atoms with Crippen LogP contribution in [0.3, 0.4) is 0 Å². The summed E-state index contributed by atoms with van der Waals surface area (Å²) in [6.07, 6.45) is 1.44. The molecule has 0 fully saturated rings. The molecule has 0 aliphatic carbocycles. The van der Waals surface area contributed by atoms with Crippen molar-refractivity contribution in [2.45, 2.75) is 6.92 Å². The fraction of sp³-hybridized carbons (Fsp3) is 0.125. The van der Waals surface area contributed by atoms with Gasteiger partial charge in [0.05, 0.1) is 11.4 Å². The number of isocyanates is 1. The van der Waals surface area contributed by atoms with Crippen LogP contribution in [0.5, 0.6) is 0 Å². The molecule has 1 aromatic rings. The predicted octanol–water partition coefficient (Wildman–Crippen LogP) is 1.76. The highest BCUT2D eigenvalue weighted by Crippen LogP contribution is 2.21. The van der Waals surface area contributed by atoms with Gasteiger partial charge in [-0.25, -0.2) is 4.79 Å². The lowest BCUT2D eigenvalue weighted by Crippen LogP contribution is -1.88. The molecule has 0 saturated carbocycles. The topological polar surface area (TPSA) is 61.7 Å². The smallest absolute Gasteiger partial charge is 0.240 e. The maximum absolute atomic E-state index is 9.95. The SMILES string of the molecule is Cc1ccc(NO)cc1N=C=O. The molecule has 0 amide bonds. The summed E-state index contributed by atoms with van der Waals surface area (Å²) >= 11 is 0. The maximum Gasteiger partial charge on any atom is 0.240 e. The number of hydrogen-bond acceptors (Lipinski definition) is 4. The Morgan fingerprint density at radius 3 is 2.92 bits per heavy atom. The van der Waals surface area contributed by atoms with E-state index in [1.54, 1.807) is 18.2 Å². The van der Waals surface area contributed by atoms with Crippen molar-refractivity contribution >= 4 is 17.5 Å². The number of aryl methyl sites for hydroxylation is 1. The zero-order chi connectivity index (χ0) is 8.97. The third-order valence-corrected chi connectivity index (χ3v) is 1.50. The highest BCUT2D eigenvalue weighted by molar-refractivity contribution is 5.60. The van der Waals surface area contributed by atoms with Crippen molar-refractivity contribution in [3.05, 3.63) is 23.8 Å². The summed E-state index contributed by atoms with van der Waals surface area (Å²) in [5.41, 5.74) is 3.82. The number of carbonyl (C=O) groups excluding carboxylic acids is 1. The lowest BCUT2D eigenvalue weighted by atomic mass is 10.2. The Bertz CT molecular complexity index is 330.